The number of nitrogens with zero attached hydrogens (tertiary/aromatic N) is 4. The summed E-state index contributed by atoms with van der Waals surface area (Å²) in [7, 11) is 1.85. The van der Waals surface area contributed by atoms with E-state index in [4.69, 9.17) is 11.6 Å². The molecular weight excluding hydrogens is 387 g/mol. The van der Waals surface area contributed by atoms with E-state index < -0.39 is 5.82 Å². The topological polar surface area (TPSA) is 52.7 Å². The van der Waals surface area contributed by atoms with E-state index in [0.29, 0.717) is 27.5 Å². The number of benzene rings is 2. The van der Waals surface area contributed by atoms with Gasteiger partial charge in [-0.3, -0.25) is 14.0 Å². The maximum absolute atomic E-state index is 13.6. The van der Waals surface area contributed by atoms with E-state index in [2.05, 4.69) is 10.1 Å². The number of hydrogen-bond acceptors (Lipinski definition) is 4. The zero-order valence-electron chi connectivity index (χ0n) is 14.3. The van der Waals surface area contributed by atoms with Crippen molar-refractivity contribution < 1.29 is 4.39 Å². The molecule has 27 heavy (non-hydrogen) atoms. The van der Waals surface area contributed by atoms with Crippen molar-refractivity contribution in [3.05, 3.63) is 81.6 Å². The molecule has 136 valence electrons. The van der Waals surface area contributed by atoms with Crippen molar-refractivity contribution in [1.29, 1.82) is 0 Å². The number of aromatic nitrogens is 4. The summed E-state index contributed by atoms with van der Waals surface area (Å²) in [6, 6.07) is 11.3. The molecule has 0 bridgehead atoms. The van der Waals surface area contributed by atoms with Crippen LogP contribution in [0.15, 0.2) is 64.8 Å². The second kappa shape index (κ2) is 7.17. The van der Waals surface area contributed by atoms with Crippen molar-refractivity contribution in [3.8, 4) is 5.69 Å². The van der Waals surface area contributed by atoms with Crippen LogP contribution < -0.4 is 5.56 Å². The molecule has 4 aromatic rings. The van der Waals surface area contributed by atoms with Gasteiger partial charge in [0, 0.05) is 24.6 Å². The van der Waals surface area contributed by atoms with Gasteiger partial charge in [0.25, 0.3) is 5.56 Å². The van der Waals surface area contributed by atoms with E-state index in [1.165, 1.54) is 34.5 Å². The Kier molecular flexibility index (Phi) is 4.72. The van der Waals surface area contributed by atoms with Gasteiger partial charge in [0.15, 0.2) is 5.16 Å². The van der Waals surface area contributed by atoms with Gasteiger partial charge in [-0.1, -0.05) is 35.5 Å². The highest BCUT2D eigenvalue weighted by atomic mass is 35.5. The van der Waals surface area contributed by atoms with E-state index in [0.717, 1.165) is 5.56 Å². The van der Waals surface area contributed by atoms with Crippen molar-refractivity contribution in [2.24, 2.45) is 7.05 Å². The maximum atomic E-state index is 13.6. The number of hydrogen-bond donors (Lipinski definition) is 0. The van der Waals surface area contributed by atoms with Crippen LogP contribution in [0.25, 0.3) is 16.6 Å². The first-order chi connectivity index (χ1) is 13.0. The standard InChI is InChI=1S/C19H14ClFN4OS/c1-24-10-12(9-22-24)11-27-19-23-17-5-3-2-4-14(17)18(26)25(19)13-6-7-16(21)15(20)8-13/h2-10H,11H2,1H3. The molecule has 2 heterocycles. The molecule has 0 spiro atoms. The Hall–Kier alpha value is -2.64. The third kappa shape index (κ3) is 3.48. The Labute approximate surface area is 163 Å². The Bertz CT molecular complexity index is 1200. The van der Waals surface area contributed by atoms with E-state index >= 15 is 0 Å². The van der Waals surface area contributed by atoms with Gasteiger partial charge in [-0.05, 0) is 30.3 Å². The van der Waals surface area contributed by atoms with Crippen LogP contribution in [-0.4, -0.2) is 19.3 Å². The highest BCUT2D eigenvalue weighted by Gasteiger charge is 2.15. The quantitative estimate of drug-likeness (QED) is 0.380. The third-order valence-electron chi connectivity index (χ3n) is 4.03. The lowest BCUT2D eigenvalue weighted by Gasteiger charge is -2.13. The predicted octanol–water partition coefficient (Wildman–Crippen LogP) is 4.20. The van der Waals surface area contributed by atoms with Gasteiger partial charge in [0.05, 0.1) is 27.8 Å². The summed E-state index contributed by atoms with van der Waals surface area (Å²) in [5.41, 5.74) is 1.87. The Balaban J connectivity index is 1.86. The molecular formula is C19H14ClFN4OS. The van der Waals surface area contributed by atoms with Gasteiger partial charge in [0.2, 0.25) is 0 Å². The van der Waals surface area contributed by atoms with Crippen LogP contribution in [0.4, 0.5) is 4.39 Å². The molecule has 0 saturated carbocycles. The Morgan fingerprint density at radius 3 is 2.78 bits per heavy atom. The molecule has 4 rings (SSSR count). The highest BCUT2D eigenvalue weighted by Crippen LogP contribution is 2.26. The number of para-hydroxylation sites is 1. The first kappa shape index (κ1) is 17.8. The van der Waals surface area contributed by atoms with Crippen molar-refractivity contribution >= 4 is 34.3 Å². The summed E-state index contributed by atoms with van der Waals surface area (Å²) >= 11 is 7.34. The average Bonchev–Trinajstić information content (AvgIpc) is 3.08. The normalized spacial score (nSPS) is 11.2. The molecule has 0 N–H and O–H groups in total. The van der Waals surface area contributed by atoms with Gasteiger partial charge in [-0.2, -0.15) is 5.10 Å². The van der Waals surface area contributed by atoms with Gasteiger partial charge >= 0.3 is 0 Å². The predicted molar refractivity (Wildman–Crippen MR) is 105 cm³/mol. The van der Waals surface area contributed by atoms with Crippen LogP contribution in [0.3, 0.4) is 0 Å². The van der Waals surface area contributed by atoms with Crippen molar-refractivity contribution in [3.63, 3.8) is 0 Å². The molecule has 0 saturated heterocycles. The molecule has 0 fully saturated rings. The Morgan fingerprint density at radius 2 is 2.04 bits per heavy atom. The fourth-order valence-electron chi connectivity index (χ4n) is 2.76. The SMILES string of the molecule is Cn1cc(CSc2nc3ccccc3c(=O)n2-c2ccc(F)c(Cl)c2)cn1. The summed E-state index contributed by atoms with van der Waals surface area (Å²) in [6.07, 6.45) is 3.68. The lowest BCUT2D eigenvalue weighted by Crippen LogP contribution is -2.21. The fraction of sp³-hybridized carbons (Fsp3) is 0.105. The number of aryl methyl sites for hydroxylation is 1. The van der Waals surface area contributed by atoms with E-state index in [1.54, 1.807) is 29.1 Å². The maximum Gasteiger partial charge on any atom is 0.266 e. The van der Waals surface area contributed by atoms with E-state index in [9.17, 15) is 9.18 Å². The number of thioether (sulfide) groups is 1. The van der Waals surface area contributed by atoms with Gasteiger partial charge < -0.3 is 0 Å². The number of fused-ring (bicyclic) bond motifs is 1. The Morgan fingerprint density at radius 1 is 1.22 bits per heavy atom. The van der Waals surface area contributed by atoms with Gasteiger partial charge in [0.1, 0.15) is 5.82 Å². The molecule has 2 aromatic heterocycles. The van der Waals surface area contributed by atoms with Crippen LogP contribution in [-0.2, 0) is 12.8 Å². The van der Waals surface area contributed by atoms with E-state index in [1.807, 2.05) is 19.3 Å². The van der Waals surface area contributed by atoms with Crippen LogP contribution in [0.5, 0.6) is 0 Å². The highest BCUT2D eigenvalue weighted by molar-refractivity contribution is 7.98. The average molecular weight is 401 g/mol. The van der Waals surface area contributed by atoms with Gasteiger partial charge in [-0.25, -0.2) is 9.37 Å². The molecule has 5 nitrogen and oxygen atoms in total. The van der Waals surface area contributed by atoms with Crippen molar-refractivity contribution in [1.82, 2.24) is 19.3 Å². The zero-order valence-corrected chi connectivity index (χ0v) is 15.8. The molecule has 0 aliphatic heterocycles. The summed E-state index contributed by atoms with van der Waals surface area (Å²) in [5.74, 6) is 0.0554. The molecule has 0 unspecified atom stereocenters. The first-order valence-corrected chi connectivity index (χ1v) is 9.47. The molecule has 0 atom stereocenters. The molecule has 0 amide bonds. The number of rotatable bonds is 4. The fourth-order valence-corrected chi connectivity index (χ4v) is 3.86. The molecule has 0 aliphatic rings. The summed E-state index contributed by atoms with van der Waals surface area (Å²) < 4.78 is 16.8. The van der Waals surface area contributed by atoms with Gasteiger partial charge in [-0.15, -0.1) is 0 Å². The minimum atomic E-state index is -0.535. The van der Waals surface area contributed by atoms with E-state index in [-0.39, 0.29) is 10.6 Å². The van der Waals surface area contributed by atoms with Crippen LogP contribution in [0.1, 0.15) is 5.56 Å². The van der Waals surface area contributed by atoms with Crippen LogP contribution in [0, 0.1) is 5.82 Å². The largest absolute Gasteiger partial charge is 0.276 e. The lowest BCUT2D eigenvalue weighted by molar-refractivity contribution is 0.627. The molecule has 0 aliphatic carbocycles. The third-order valence-corrected chi connectivity index (χ3v) is 5.33. The zero-order chi connectivity index (χ0) is 19.0. The monoisotopic (exact) mass is 400 g/mol. The van der Waals surface area contributed by atoms with Crippen molar-refractivity contribution in [2.75, 3.05) is 0 Å². The number of halogens is 2. The van der Waals surface area contributed by atoms with Crippen LogP contribution >= 0.6 is 23.4 Å². The second-order valence-electron chi connectivity index (χ2n) is 5.96. The second-order valence-corrected chi connectivity index (χ2v) is 7.31. The summed E-state index contributed by atoms with van der Waals surface area (Å²) in [4.78, 5) is 17.8. The van der Waals surface area contributed by atoms with Crippen molar-refractivity contribution in [2.45, 2.75) is 10.9 Å². The minimum Gasteiger partial charge on any atom is -0.276 e. The summed E-state index contributed by atoms with van der Waals surface area (Å²) in [5, 5.41) is 5.10. The molecule has 8 heteroatoms. The lowest BCUT2D eigenvalue weighted by atomic mass is 10.2. The first-order valence-electron chi connectivity index (χ1n) is 8.10. The molecule has 0 radical (unpaired) electrons. The van der Waals surface area contributed by atoms with Crippen LogP contribution in [0.2, 0.25) is 5.02 Å². The smallest absolute Gasteiger partial charge is 0.266 e. The minimum absolute atomic E-state index is 0.0456. The molecule has 2 aromatic carbocycles. The summed E-state index contributed by atoms with van der Waals surface area (Å²) in [6.45, 7) is 0.